The van der Waals surface area contributed by atoms with Crippen LogP contribution in [0, 0.1) is 5.41 Å². The molecule has 22 heavy (non-hydrogen) atoms. The highest BCUT2D eigenvalue weighted by Gasteiger charge is 2.40. The second kappa shape index (κ2) is 6.60. The zero-order valence-corrected chi connectivity index (χ0v) is 13.2. The van der Waals surface area contributed by atoms with E-state index in [1.807, 2.05) is 17.9 Å². The van der Waals surface area contributed by atoms with Gasteiger partial charge >= 0.3 is 0 Å². The summed E-state index contributed by atoms with van der Waals surface area (Å²) in [5, 5.41) is 0. The Morgan fingerprint density at radius 1 is 1.32 bits per heavy atom. The summed E-state index contributed by atoms with van der Waals surface area (Å²) in [5.74, 6) is 0.997. The van der Waals surface area contributed by atoms with Crippen molar-refractivity contribution in [3.8, 4) is 0 Å². The van der Waals surface area contributed by atoms with E-state index in [0.29, 0.717) is 19.6 Å². The van der Waals surface area contributed by atoms with E-state index in [1.165, 1.54) is 0 Å². The molecule has 3 rings (SSSR count). The van der Waals surface area contributed by atoms with E-state index in [9.17, 15) is 4.79 Å². The molecule has 0 radical (unpaired) electrons. The molecule has 0 aliphatic carbocycles. The Morgan fingerprint density at radius 2 is 2.14 bits per heavy atom. The maximum Gasteiger partial charge on any atom is 0.225 e. The van der Waals surface area contributed by atoms with Crippen LogP contribution in [0.3, 0.4) is 0 Å². The molecule has 1 atom stereocenters. The number of carbonyl (C=O) groups excluding carboxylic acids is 1. The molecular formula is C16H24N4O2. The lowest BCUT2D eigenvalue weighted by atomic mass is 9.80. The van der Waals surface area contributed by atoms with Crippen molar-refractivity contribution in [2.75, 3.05) is 44.3 Å². The third-order valence-corrected chi connectivity index (χ3v) is 4.59. The molecule has 1 aromatic heterocycles. The largest absolute Gasteiger partial charge is 0.379 e. The Labute approximate surface area is 131 Å². The number of nitrogens with zero attached hydrogens (tertiary/aromatic N) is 4. The molecule has 2 fully saturated rings. The van der Waals surface area contributed by atoms with Crippen LogP contribution in [0.25, 0.3) is 0 Å². The zero-order valence-electron chi connectivity index (χ0n) is 13.2. The molecule has 2 saturated heterocycles. The Balaban J connectivity index is 1.78. The van der Waals surface area contributed by atoms with Crippen LogP contribution in [-0.4, -0.2) is 60.2 Å². The van der Waals surface area contributed by atoms with Crippen LogP contribution in [0.4, 0.5) is 5.95 Å². The molecule has 120 valence electrons. The standard InChI is InChI=1S/C16H24N4O2/c1-2-14(21)19-8-3-5-16(11-19)12-20(9-10-22-13-16)15-17-6-4-7-18-15/h4,6-7H,2-3,5,8-13H2,1H3/t16-/m0/s1. The van der Waals surface area contributed by atoms with Crippen LogP contribution in [0.15, 0.2) is 18.5 Å². The van der Waals surface area contributed by atoms with Crippen molar-refractivity contribution in [1.82, 2.24) is 14.9 Å². The van der Waals surface area contributed by atoms with Gasteiger partial charge in [0.15, 0.2) is 0 Å². The molecule has 2 aliphatic heterocycles. The number of hydrogen-bond donors (Lipinski definition) is 0. The van der Waals surface area contributed by atoms with E-state index in [1.54, 1.807) is 12.4 Å². The van der Waals surface area contributed by atoms with Crippen LogP contribution in [0.2, 0.25) is 0 Å². The van der Waals surface area contributed by atoms with E-state index in [4.69, 9.17) is 4.74 Å². The van der Waals surface area contributed by atoms with Gasteiger partial charge in [-0.25, -0.2) is 9.97 Å². The first-order valence-electron chi connectivity index (χ1n) is 8.10. The van der Waals surface area contributed by atoms with Gasteiger partial charge in [-0.05, 0) is 18.9 Å². The second-order valence-electron chi connectivity index (χ2n) is 6.30. The Kier molecular flexibility index (Phi) is 4.57. The maximum atomic E-state index is 12.1. The van der Waals surface area contributed by atoms with Crippen LogP contribution < -0.4 is 4.90 Å². The van der Waals surface area contributed by atoms with Crippen molar-refractivity contribution in [2.45, 2.75) is 26.2 Å². The van der Waals surface area contributed by atoms with Gasteiger partial charge in [-0.1, -0.05) is 6.92 Å². The van der Waals surface area contributed by atoms with Gasteiger partial charge in [-0.2, -0.15) is 0 Å². The van der Waals surface area contributed by atoms with Gasteiger partial charge in [0.2, 0.25) is 11.9 Å². The number of aromatic nitrogens is 2. The quantitative estimate of drug-likeness (QED) is 0.825. The summed E-state index contributed by atoms with van der Waals surface area (Å²) < 4.78 is 5.87. The summed E-state index contributed by atoms with van der Waals surface area (Å²) in [7, 11) is 0. The number of amides is 1. The predicted octanol–water partition coefficient (Wildman–Crippen LogP) is 1.33. The maximum absolute atomic E-state index is 12.1. The van der Waals surface area contributed by atoms with Gasteiger partial charge in [-0.15, -0.1) is 0 Å². The lowest BCUT2D eigenvalue weighted by Gasteiger charge is -2.43. The van der Waals surface area contributed by atoms with E-state index >= 15 is 0 Å². The molecule has 2 aliphatic rings. The number of hydrogen-bond acceptors (Lipinski definition) is 5. The molecule has 0 saturated carbocycles. The number of anilines is 1. The summed E-state index contributed by atoms with van der Waals surface area (Å²) in [6.45, 7) is 6.63. The SMILES string of the molecule is CCC(=O)N1CCC[C@]2(COCCN(c3ncccn3)C2)C1. The highest BCUT2D eigenvalue weighted by molar-refractivity contribution is 5.76. The molecule has 0 aromatic carbocycles. The van der Waals surface area contributed by atoms with E-state index in [2.05, 4.69) is 14.9 Å². The van der Waals surface area contributed by atoms with Gasteiger partial charge in [0, 0.05) is 50.4 Å². The minimum Gasteiger partial charge on any atom is -0.379 e. The zero-order chi connectivity index (χ0) is 15.4. The third kappa shape index (κ3) is 3.21. The van der Waals surface area contributed by atoms with Crippen LogP contribution in [-0.2, 0) is 9.53 Å². The fourth-order valence-electron chi connectivity index (χ4n) is 3.51. The molecule has 6 nitrogen and oxygen atoms in total. The fourth-order valence-corrected chi connectivity index (χ4v) is 3.51. The van der Waals surface area contributed by atoms with Crippen molar-refractivity contribution >= 4 is 11.9 Å². The van der Waals surface area contributed by atoms with Crippen molar-refractivity contribution in [3.63, 3.8) is 0 Å². The molecule has 1 spiro atoms. The average molecular weight is 304 g/mol. The van der Waals surface area contributed by atoms with Crippen LogP contribution in [0.5, 0.6) is 0 Å². The number of carbonyl (C=O) groups is 1. The summed E-state index contributed by atoms with van der Waals surface area (Å²) in [6.07, 6.45) is 6.24. The molecule has 1 aromatic rings. The summed E-state index contributed by atoms with van der Waals surface area (Å²) in [5.41, 5.74) is -0.00121. The third-order valence-electron chi connectivity index (χ3n) is 4.59. The van der Waals surface area contributed by atoms with E-state index in [0.717, 1.165) is 45.0 Å². The Hall–Kier alpha value is -1.69. The smallest absolute Gasteiger partial charge is 0.225 e. The minimum atomic E-state index is -0.00121. The monoisotopic (exact) mass is 304 g/mol. The molecule has 0 unspecified atom stereocenters. The highest BCUT2D eigenvalue weighted by atomic mass is 16.5. The number of piperidine rings is 1. The lowest BCUT2D eigenvalue weighted by molar-refractivity contribution is -0.135. The summed E-state index contributed by atoms with van der Waals surface area (Å²) in [6, 6.07) is 1.83. The average Bonchev–Trinajstić information content (AvgIpc) is 2.77. The lowest BCUT2D eigenvalue weighted by Crippen LogP contribution is -2.52. The Bertz CT molecular complexity index is 510. The number of rotatable bonds is 2. The summed E-state index contributed by atoms with van der Waals surface area (Å²) in [4.78, 5) is 25.0. The fraction of sp³-hybridized carbons (Fsp3) is 0.688. The minimum absolute atomic E-state index is 0.00121. The van der Waals surface area contributed by atoms with Crippen LogP contribution >= 0.6 is 0 Å². The van der Waals surface area contributed by atoms with Crippen LogP contribution in [0.1, 0.15) is 26.2 Å². The van der Waals surface area contributed by atoms with Crippen molar-refractivity contribution in [1.29, 1.82) is 0 Å². The van der Waals surface area contributed by atoms with Crippen molar-refractivity contribution in [3.05, 3.63) is 18.5 Å². The number of ether oxygens (including phenoxy) is 1. The molecule has 1 amide bonds. The molecule has 0 bridgehead atoms. The molecule has 0 N–H and O–H groups in total. The van der Waals surface area contributed by atoms with Gasteiger partial charge in [0.05, 0.1) is 13.2 Å². The van der Waals surface area contributed by atoms with E-state index < -0.39 is 0 Å². The van der Waals surface area contributed by atoms with Crippen molar-refractivity contribution in [2.24, 2.45) is 5.41 Å². The van der Waals surface area contributed by atoms with Gasteiger partial charge in [0.1, 0.15) is 0 Å². The predicted molar refractivity (Wildman–Crippen MR) is 83.6 cm³/mol. The normalized spacial score (nSPS) is 26.0. The second-order valence-corrected chi connectivity index (χ2v) is 6.30. The first-order valence-corrected chi connectivity index (χ1v) is 8.10. The van der Waals surface area contributed by atoms with Gasteiger partial charge < -0.3 is 14.5 Å². The molecular weight excluding hydrogens is 280 g/mol. The van der Waals surface area contributed by atoms with Gasteiger partial charge in [-0.3, -0.25) is 4.79 Å². The number of likely N-dealkylation sites (tertiary alicyclic amines) is 1. The Morgan fingerprint density at radius 3 is 2.91 bits per heavy atom. The first-order chi connectivity index (χ1) is 10.7. The molecule has 6 heteroatoms. The van der Waals surface area contributed by atoms with Gasteiger partial charge in [0.25, 0.3) is 0 Å². The topological polar surface area (TPSA) is 58.6 Å². The van der Waals surface area contributed by atoms with Crippen molar-refractivity contribution < 1.29 is 9.53 Å². The van der Waals surface area contributed by atoms with E-state index in [-0.39, 0.29) is 11.3 Å². The molecule has 3 heterocycles. The highest BCUT2D eigenvalue weighted by Crippen LogP contribution is 2.34. The first kappa shape index (κ1) is 15.2. The summed E-state index contributed by atoms with van der Waals surface area (Å²) >= 11 is 0.